The Labute approximate surface area is 185 Å². The minimum absolute atomic E-state index is 0.0468. The molecule has 0 radical (unpaired) electrons. The van der Waals surface area contributed by atoms with Crippen LogP contribution < -0.4 is 5.32 Å². The third kappa shape index (κ3) is 15.5. The summed E-state index contributed by atoms with van der Waals surface area (Å²) in [7, 11) is 0. The van der Waals surface area contributed by atoms with Gasteiger partial charge in [-0.05, 0) is 38.5 Å². The zero-order valence-electron chi connectivity index (χ0n) is 19.6. The Morgan fingerprint density at radius 2 is 1.33 bits per heavy atom. The predicted octanol–water partition coefficient (Wildman–Crippen LogP) is 7.02. The summed E-state index contributed by atoms with van der Waals surface area (Å²) in [6.07, 6.45) is 27.9. The van der Waals surface area contributed by atoms with Crippen molar-refractivity contribution in [2.45, 2.75) is 135 Å². The molecule has 1 rings (SSSR count). The molecule has 1 saturated heterocycles. The largest absolute Gasteiger partial charge is 0.464 e. The fraction of sp³-hybridized carbons (Fsp3) is 0.846. The fourth-order valence-electron chi connectivity index (χ4n) is 3.94. The summed E-state index contributed by atoms with van der Waals surface area (Å²) in [6.45, 7) is 2.75. The van der Waals surface area contributed by atoms with Gasteiger partial charge in [0, 0.05) is 6.42 Å². The van der Waals surface area contributed by atoms with E-state index in [1.165, 1.54) is 96.3 Å². The molecule has 1 amide bonds. The van der Waals surface area contributed by atoms with Crippen LogP contribution in [-0.2, 0) is 14.3 Å². The number of carbonyl (C=O) groups excluding carboxylic acids is 2. The second kappa shape index (κ2) is 19.6. The molecule has 1 atom stereocenters. The summed E-state index contributed by atoms with van der Waals surface area (Å²) < 4.78 is 5.24. The van der Waals surface area contributed by atoms with E-state index >= 15 is 0 Å². The third-order valence-corrected chi connectivity index (χ3v) is 5.93. The summed E-state index contributed by atoms with van der Waals surface area (Å²) >= 11 is 0. The maximum Gasteiger partial charge on any atom is 0.328 e. The van der Waals surface area contributed by atoms with Crippen molar-refractivity contribution < 1.29 is 14.3 Å². The van der Waals surface area contributed by atoms with Gasteiger partial charge in [-0.3, -0.25) is 4.79 Å². The van der Waals surface area contributed by atoms with Crippen LogP contribution in [0.3, 0.4) is 0 Å². The SMILES string of the molecule is CCCCCCCCCCCC/C=C/CCCCCCCOC(=O)[C@@H]1CCC(=O)N1. The number of carbonyl (C=O) groups is 2. The zero-order valence-corrected chi connectivity index (χ0v) is 19.6. The lowest BCUT2D eigenvalue weighted by Crippen LogP contribution is -2.34. The van der Waals surface area contributed by atoms with Crippen LogP contribution >= 0.6 is 0 Å². The second-order valence-electron chi connectivity index (χ2n) is 8.82. The highest BCUT2D eigenvalue weighted by molar-refractivity contribution is 5.87. The van der Waals surface area contributed by atoms with Gasteiger partial charge in [0.2, 0.25) is 5.91 Å². The van der Waals surface area contributed by atoms with Crippen molar-refractivity contribution in [1.29, 1.82) is 0 Å². The molecule has 1 N–H and O–H groups in total. The van der Waals surface area contributed by atoms with Crippen molar-refractivity contribution in [2.75, 3.05) is 6.61 Å². The van der Waals surface area contributed by atoms with E-state index in [2.05, 4.69) is 24.4 Å². The summed E-state index contributed by atoms with van der Waals surface area (Å²) in [5, 5.41) is 2.65. The molecule has 0 aliphatic carbocycles. The monoisotopic (exact) mass is 421 g/mol. The average molecular weight is 422 g/mol. The van der Waals surface area contributed by atoms with Crippen molar-refractivity contribution >= 4 is 11.9 Å². The van der Waals surface area contributed by atoms with Gasteiger partial charge >= 0.3 is 5.97 Å². The number of hydrogen-bond acceptors (Lipinski definition) is 3. The Balaban J connectivity index is 1.74. The lowest BCUT2D eigenvalue weighted by molar-refractivity contribution is -0.146. The maximum absolute atomic E-state index is 11.7. The minimum atomic E-state index is -0.412. The molecule has 1 fully saturated rings. The van der Waals surface area contributed by atoms with Gasteiger partial charge in [-0.15, -0.1) is 0 Å². The van der Waals surface area contributed by atoms with Crippen LogP contribution in [0.15, 0.2) is 12.2 Å². The molecule has 0 aromatic heterocycles. The van der Waals surface area contributed by atoms with Gasteiger partial charge < -0.3 is 10.1 Å². The first kappa shape index (κ1) is 26.7. The number of amides is 1. The summed E-state index contributed by atoms with van der Waals surface area (Å²) in [5.41, 5.74) is 0. The van der Waals surface area contributed by atoms with E-state index in [9.17, 15) is 9.59 Å². The lowest BCUT2D eigenvalue weighted by atomic mass is 10.1. The molecular formula is C26H47NO3. The highest BCUT2D eigenvalue weighted by atomic mass is 16.5. The molecule has 1 aliphatic heterocycles. The van der Waals surface area contributed by atoms with Crippen LogP contribution in [0.4, 0.5) is 0 Å². The van der Waals surface area contributed by atoms with E-state index in [1.807, 2.05) is 0 Å². The number of esters is 1. The first-order valence-corrected chi connectivity index (χ1v) is 12.8. The molecule has 0 aromatic carbocycles. The predicted molar refractivity (Wildman–Crippen MR) is 125 cm³/mol. The molecule has 4 nitrogen and oxygen atoms in total. The standard InChI is InChI=1S/C26H47NO3/c1-2-3-4-5-6-7-8-9-10-11-12-13-14-15-16-17-18-19-20-23-30-26(29)24-21-22-25(28)27-24/h13-14,24H,2-12,15-23H2,1H3,(H,27,28)/b14-13+/t24-/m0/s1. The number of ether oxygens (including phenoxy) is 1. The van der Waals surface area contributed by atoms with Gasteiger partial charge in [0.15, 0.2) is 0 Å². The van der Waals surface area contributed by atoms with E-state index in [0.29, 0.717) is 19.4 Å². The van der Waals surface area contributed by atoms with E-state index < -0.39 is 6.04 Å². The number of allylic oxidation sites excluding steroid dienone is 2. The molecule has 30 heavy (non-hydrogen) atoms. The first-order chi connectivity index (χ1) is 14.7. The van der Waals surface area contributed by atoms with Crippen molar-refractivity contribution in [3.63, 3.8) is 0 Å². The highest BCUT2D eigenvalue weighted by Crippen LogP contribution is 2.12. The smallest absolute Gasteiger partial charge is 0.328 e. The third-order valence-electron chi connectivity index (χ3n) is 5.93. The minimum Gasteiger partial charge on any atom is -0.464 e. The summed E-state index contributed by atoms with van der Waals surface area (Å²) in [6, 6.07) is -0.412. The second-order valence-corrected chi connectivity index (χ2v) is 8.82. The molecule has 0 bridgehead atoms. The number of rotatable bonds is 20. The Morgan fingerprint density at radius 3 is 1.83 bits per heavy atom. The van der Waals surface area contributed by atoms with E-state index in [1.54, 1.807) is 0 Å². The Morgan fingerprint density at radius 1 is 0.833 bits per heavy atom. The van der Waals surface area contributed by atoms with Gasteiger partial charge in [0.05, 0.1) is 6.61 Å². The lowest BCUT2D eigenvalue weighted by Gasteiger charge is -2.09. The van der Waals surface area contributed by atoms with Crippen LogP contribution in [0.2, 0.25) is 0 Å². The topological polar surface area (TPSA) is 55.4 Å². The van der Waals surface area contributed by atoms with E-state index in [0.717, 1.165) is 12.8 Å². The van der Waals surface area contributed by atoms with Crippen molar-refractivity contribution in [3.05, 3.63) is 12.2 Å². The molecule has 174 valence electrons. The van der Waals surface area contributed by atoms with Gasteiger partial charge in [-0.1, -0.05) is 96.1 Å². The Bertz CT molecular complexity index is 461. The van der Waals surface area contributed by atoms with Gasteiger partial charge in [0.25, 0.3) is 0 Å². The van der Waals surface area contributed by atoms with Gasteiger partial charge in [-0.25, -0.2) is 4.79 Å². The van der Waals surface area contributed by atoms with Crippen molar-refractivity contribution in [1.82, 2.24) is 5.32 Å². The normalized spacial score (nSPS) is 16.3. The van der Waals surface area contributed by atoms with E-state index in [-0.39, 0.29) is 11.9 Å². The highest BCUT2D eigenvalue weighted by Gasteiger charge is 2.28. The number of unbranched alkanes of at least 4 members (excludes halogenated alkanes) is 15. The van der Waals surface area contributed by atoms with Crippen LogP contribution in [0.25, 0.3) is 0 Å². The van der Waals surface area contributed by atoms with Crippen molar-refractivity contribution in [2.24, 2.45) is 0 Å². The Kier molecular flexibility index (Phi) is 17.5. The molecule has 1 aliphatic rings. The number of nitrogens with one attached hydrogen (secondary N) is 1. The van der Waals surface area contributed by atoms with Gasteiger partial charge in [0.1, 0.15) is 6.04 Å². The van der Waals surface area contributed by atoms with E-state index in [4.69, 9.17) is 4.74 Å². The molecule has 0 spiro atoms. The molecule has 4 heteroatoms. The number of hydrogen-bond donors (Lipinski definition) is 1. The van der Waals surface area contributed by atoms with Crippen LogP contribution in [0.5, 0.6) is 0 Å². The van der Waals surface area contributed by atoms with Crippen molar-refractivity contribution in [3.8, 4) is 0 Å². The summed E-state index contributed by atoms with van der Waals surface area (Å²) in [4.78, 5) is 22.8. The quantitative estimate of drug-likeness (QED) is 0.131. The average Bonchev–Trinajstić information content (AvgIpc) is 3.18. The zero-order chi connectivity index (χ0) is 21.7. The van der Waals surface area contributed by atoms with Crippen LogP contribution in [0.1, 0.15) is 129 Å². The van der Waals surface area contributed by atoms with Crippen LogP contribution in [0, 0.1) is 0 Å². The molecule has 0 saturated carbocycles. The Hall–Kier alpha value is -1.32. The molecule has 0 unspecified atom stereocenters. The summed E-state index contributed by atoms with van der Waals surface area (Å²) in [5.74, 6) is -0.317. The molecular weight excluding hydrogens is 374 g/mol. The van der Waals surface area contributed by atoms with Crippen LogP contribution in [-0.4, -0.2) is 24.5 Å². The first-order valence-electron chi connectivity index (χ1n) is 12.8. The fourth-order valence-corrected chi connectivity index (χ4v) is 3.94. The maximum atomic E-state index is 11.7. The molecule has 0 aromatic rings. The molecule has 1 heterocycles. The van der Waals surface area contributed by atoms with Gasteiger partial charge in [-0.2, -0.15) is 0 Å².